The Kier molecular flexibility index (Phi) is 6.35. The molecule has 1 saturated heterocycles. The summed E-state index contributed by atoms with van der Waals surface area (Å²) >= 11 is 7.49. The van der Waals surface area contributed by atoms with Gasteiger partial charge in [-0.15, -0.1) is 17.5 Å². The van der Waals surface area contributed by atoms with Crippen LogP contribution in [0.1, 0.15) is 33.9 Å². The smallest absolute Gasteiger partial charge is 0.268 e. The number of hydrogen-bond donors (Lipinski definition) is 1. The molecule has 1 aliphatic rings. The molecule has 1 N–H and O–H groups in total. The van der Waals surface area contributed by atoms with E-state index in [0.29, 0.717) is 29.4 Å². The van der Waals surface area contributed by atoms with Gasteiger partial charge in [-0.25, -0.2) is 0 Å². The second kappa shape index (κ2) is 8.06. The molecule has 2 heterocycles. The summed E-state index contributed by atoms with van der Waals surface area (Å²) in [5.74, 6) is -0.00160. The fourth-order valence-electron chi connectivity index (χ4n) is 2.70. The maximum Gasteiger partial charge on any atom is 0.268 e. The minimum atomic E-state index is -0.0678. The molecule has 124 valence electrons. The summed E-state index contributed by atoms with van der Waals surface area (Å²) in [7, 11) is 0. The van der Waals surface area contributed by atoms with Crippen molar-refractivity contribution in [2.45, 2.75) is 19.4 Å². The number of nitrogens with zero attached hydrogens (tertiary/aromatic N) is 3. The minimum absolute atomic E-state index is 0. The van der Waals surface area contributed by atoms with Gasteiger partial charge in [-0.05, 0) is 29.6 Å². The van der Waals surface area contributed by atoms with Gasteiger partial charge in [0.05, 0.1) is 11.7 Å². The molecule has 1 aliphatic heterocycles. The fraction of sp³-hybridized carbons (Fsp3) is 0.400. The summed E-state index contributed by atoms with van der Waals surface area (Å²) in [4.78, 5) is 15.4. The van der Waals surface area contributed by atoms with Crippen LogP contribution < -0.4 is 5.32 Å². The molecule has 8 heteroatoms. The SMILES string of the molecule is CCc1nnsc1C(=O)N1CCNCC1c1ccccc1Cl.Cl. The van der Waals surface area contributed by atoms with Crippen LogP contribution in [0.25, 0.3) is 0 Å². The lowest BCUT2D eigenvalue weighted by atomic mass is 10.0. The quantitative estimate of drug-likeness (QED) is 0.899. The van der Waals surface area contributed by atoms with Crippen molar-refractivity contribution in [1.82, 2.24) is 19.8 Å². The number of amides is 1. The van der Waals surface area contributed by atoms with Crippen LogP contribution in [-0.4, -0.2) is 40.0 Å². The van der Waals surface area contributed by atoms with E-state index in [1.807, 2.05) is 36.1 Å². The molecule has 0 saturated carbocycles. The van der Waals surface area contributed by atoms with Crippen molar-refractivity contribution < 1.29 is 4.79 Å². The number of aromatic nitrogens is 2. The second-order valence-electron chi connectivity index (χ2n) is 5.14. The van der Waals surface area contributed by atoms with Crippen molar-refractivity contribution in [3.05, 3.63) is 45.4 Å². The van der Waals surface area contributed by atoms with E-state index >= 15 is 0 Å². The molecule has 1 atom stereocenters. The van der Waals surface area contributed by atoms with E-state index in [4.69, 9.17) is 11.6 Å². The lowest BCUT2D eigenvalue weighted by molar-refractivity contribution is 0.0638. The van der Waals surface area contributed by atoms with E-state index in [0.717, 1.165) is 17.8 Å². The van der Waals surface area contributed by atoms with Crippen molar-refractivity contribution in [3.8, 4) is 0 Å². The van der Waals surface area contributed by atoms with E-state index in [9.17, 15) is 4.79 Å². The summed E-state index contributed by atoms with van der Waals surface area (Å²) in [5.41, 5.74) is 1.74. The first-order chi connectivity index (χ1) is 10.7. The highest BCUT2D eigenvalue weighted by atomic mass is 35.5. The molecule has 23 heavy (non-hydrogen) atoms. The maximum absolute atomic E-state index is 12.9. The van der Waals surface area contributed by atoms with Gasteiger partial charge in [-0.1, -0.05) is 41.2 Å². The molecule has 0 radical (unpaired) electrons. The number of nitrogens with one attached hydrogen (secondary N) is 1. The largest absolute Gasteiger partial charge is 0.328 e. The Balaban J connectivity index is 0.00000192. The Hall–Kier alpha value is -1.21. The third kappa shape index (κ3) is 3.66. The number of benzene rings is 1. The summed E-state index contributed by atoms with van der Waals surface area (Å²) in [5, 5.41) is 8.07. The van der Waals surface area contributed by atoms with Gasteiger partial charge in [-0.3, -0.25) is 4.79 Å². The van der Waals surface area contributed by atoms with Crippen molar-refractivity contribution in [2.75, 3.05) is 19.6 Å². The molecule has 0 spiro atoms. The molecule has 5 nitrogen and oxygen atoms in total. The molecule has 0 bridgehead atoms. The summed E-state index contributed by atoms with van der Waals surface area (Å²) in [6, 6.07) is 7.62. The first kappa shape index (κ1) is 18.1. The van der Waals surface area contributed by atoms with Crippen molar-refractivity contribution in [2.24, 2.45) is 0 Å². The Bertz CT molecular complexity index is 679. The highest BCUT2D eigenvalue weighted by Crippen LogP contribution is 2.30. The molecule has 2 aromatic rings. The first-order valence-corrected chi connectivity index (χ1v) is 8.44. The molecular weight excluding hydrogens is 355 g/mol. The molecule has 1 fully saturated rings. The highest BCUT2D eigenvalue weighted by molar-refractivity contribution is 7.08. The van der Waals surface area contributed by atoms with E-state index in [1.54, 1.807) is 0 Å². The van der Waals surface area contributed by atoms with Crippen molar-refractivity contribution >= 4 is 41.4 Å². The maximum atomic E-state index is 12.9. The summed E-state index contributed by atoms with van der Waals surface area (Å²) < 4.78 is 3.93. The zero-order valence-corrected chi connectivity index (χ0v) is 15.0. The number of hydrogen-bond acceptors (Lipinski definition) is 5. The van der Waals surface area contributed by atoms with Crippen LogP contribution in [0.4, 0.5) is 0 Å². The van der Waals surface area contributed by atoms with Crippen LogP contribution in [0.2, 0.25) is 5.02 Å². The van der Waals surface area contributed by atoms with Gasteiger partial charge < -0.3 is 10.2 Å². The Labute approximate surface area is 150 Å². The Morgan fingerprint density at radius 3 is 3.00 bits per heavy atom. The predicted molar refractivity (Wildman–Crippen MR) is 94.6 cm³/mol. The van der Waals surface area contributed by atoms with Gasteiger partial charge >= 0.3 is 0 Å². The van der Waals surface area contributed by atoms with Crippen LogP contribution in [-0.2, 0) is 6.42 Å². The van der Waals surface area contributed by atoms with E-state index < -0.39 is 0 Å². The standard InChI is InChI=1S/C15H17ClN4OS.ClH/c1-2-12-14(22-19-18-12)15(21)20-8-7-17-9-13(20)10-5-3-4-6-11(10)16;/h3-6,13,17H,2,7-9H2,1H3;1H. The fourth-order valence-corrected chi connectivity index (χ4v) is 3.67. The molecule has 1 amide bonds. The van der Waals surface area contributed by atoms with E-state index in [-0.39, 0.29) is 24.4 Å². The van der Waals surface area contributed by atoms with Gasteiger partial charge in [0.15, 0.2) is 0 Å². The molecule has 1 aromatic heterocycles. The van der Waals surface area contributed by atoms with Gasteiger partial charge in [0.25, 0.3) is 5.91 Å². The second-order valence-corrected chi connectivity index (χ2v) is 6.30. The van der Waals surface area contributed by atoms with Gasteiger partial charge in [0, 0.05) is 24.7 Å². The van der Waals surface area contributed by atoms with Crippen LogP contribution >= 0.6 is 35.5 Å². The molecule has 1 aromatic carbocycles. The van der Waals surface area contributed by atoms with Gasteiger partial charge in [0.2, 0.25) is 0 Å². The monoisotopic (exact) mass is 372 g/mol. The van der Waals surface area contributed by atoms with E-state index in [2.05, 4.69) is 14.9 Å². The number of piperazine rings is 1. The highest BCUT2D eigenvalue weighted by Gasteiger charge is 2.31. The average Bonchev–Trinajstić information content (AvgIpc) is 3.03. The topological polar surface area (TPSA) is 58.1 Å². The normalized spacial score (nSPS) is 17.7. The number of halogens is 2. The molecular formula is C15H18Cl2N4OS. The van der Waals surface area contributed by atoms with Crippen LogP contribution in [0, 0.1) is 0 Å². The Morgan fingerprint density at radius 2 is 2.26 bits per heavy atom. The first-order valence-electron chi connectivity index (χ1n) is 7.29. The zero-order chi connectivity index (χ0) is 15.5. The van der Waals surface area contributed by atoms with E-state index in [1.165, 1.54) is 11.5 Å². The third-order valence-corrected chi connectivity index (χ3v) is 4.95. The summed E-state index contributed by atoms with van der Waals surface area (Å²) in [6.07, 6.45) is 0.709. The molecule has 3 rings (SSSR count). The minimum Gasteiger partial charge on any atom is -0.328 e. The Morgan fingerprint density at radius 1 is 1.48 bits per heavy atom. The third-order valence-electron chi connectivity index (χ3n) is 3.85. The number of aryl methyl sites for hydroxylation is 1. The van der Waals surface area contributed by atoms with Gasteiger partial charge in [-0.2, -0.15) is 0 Å². The number of carbonyl (C=O) groups excluding carboxylic acids is 1. The average molecular weight is 373 g/mol. The summed E-state index contributed by atoms with van der Waals surface area (Å²) in [6.45, 7) is 4.11. The van der Waals surface area contributed by atoms with Crippen molar-refractivity contribution in [1.29, 1.82) is 0 Å². The lowest BCUT2D eigenvalue weighted by Crippen LogP contribution is -2.48. The van der Waals surface area contributed by atoms with Gasteiger partial charge in [0.1, 0.15) is 4.88 Å². The van der Waals surface area contributed by atoms with Crippen molar-refractivity contribution in [3.63, 3.8) is 0 Å². The molecule has 0 aliphatic carbocycles. The predicted octanol–water partition coefficient (Wildman–Crippen LogP) is 2.96. The lowest BCUT2D eigenvalue weighted by Gasteiger charge is -2.36. The number of rotatable bonds is 3. The number of carbonyl (C=O) groups is 1. The van der Waals surface area contributed by atoms with Crippen LogP contribution in [0.5, 0.6) is 0 Å². The molecule has 1 unspecified atom stereocenters. The zero-order valence-electron chi connectivity index (χ0n) is 12.7. The van der Waals surface area contributed by atoms with Crippen LogP contribution in [0.3, 0.4) is 0 Å². The van der Waals surface area contributed by atoms with Crippen LogP contribution in [0.15, 0.2) is 24.3 Å².